The van der Waals surface area contributed by atoms with Crippen LogP contribution in [0.15, 0.2) is 81.9 Å². The first-order chi connectivity index (χ1) is 8.38. The van der Waals surface area contributed by atoms with Gasteiger partial charge >= 0.3 is 0 Å². The molecule has 1 heteroatoms. The van der Waals surface area contributed by atoms with Crippen LogP contribution in [0.5, 0.6) is 0 Å². The second kappa shape index (κ2) is 12.3. The molecule has 2 aromatic rings. The van der Waals surface area contributed by atoms with Gasteiger partial charge in [-0.1, -0.05) is 48.0 Å². The van der Waals surface area contributed by atoms with Gasteiger partial charge in [-0.3, -0.25) is 0 Å². The zero-order valence-electron chi connectivity index (χ0n) is 10.2. The number of halogens is 1. The molecule has 0 atom stereocenters. The molecule has 0 spiro atoms. The molecule has 2 aromatic carbocycles. The Bertz CT molecular complexity index is 411. The maximum absolute atomic E-state index is 5.96. The highest BCUT2D eigenvalue weighted by Gasteiger charge is 1.93. The molecule has 0 heterocycles. The summed E-state index contributed by atoms with van der Waals surface area (Å²) in [6.45, 7) is 18.0. The van der Waals surface area contributed by atoms with Crippen LogP contribution >= 0.6 is 11.6 Å². The van der Waals surface area contributed by atoms with Gasteiger partial charge in [0, 0.05) is 10.4 Å². The van der Waals surface area contributed by atoms with Crippen molar-refractivity contribution in [1.82, 2.24) is 0 Å². The summed E-state index contributed by atoms with van der Waals surface area (Å²) < 4.78 is 0. The van der Waals surface area contributed by atoms with Crippen molar-refractivity contribution >= 4 is 22.4 Å². The van der Waals surface area contributed by atoms with Gasteiger partial charge in [-0.25, -0.2) is 0 Å². The largest absolute Gasteiger partial charge is 0.106 e. The van der Waals surface area contributed by atoms with Crippen LogP contribution in [-0.2, 0) is 0 Å². The van der Waals surface area contributed by atoms with Crippen molar-refractivity contribution in [3.05, 3.63) is 87.0 Å². The molecule has 0 saturated carbocycles. The summed E-state index contributed by atoms with van der Waals surface area (Å²) in [6, 6.07) is 14.0. The van der Waals surface area contributed by atoms with E-state index in [9.17, 15) is 0 Å². The fourth-order valence-corrected chi connectivity index (χ4v) is 1.43. The molecule has 0 aliphatic heterocycles. The Kier molecular flexibility index (Phi) is 12.7. The minimum atomic E-state index is 0.822. The number of benzene rings is 2. The molecule has 0 unspecified atom stereocenters. The Labute approximate surface area is 110 Å². The number of fused-ring (bicyclic) bond motifs is 1. The Morgan fingerprint density at radius 3 is 1.65 bits per heavy atom. The first-order valence-corrected chi connectivity index (χ1v) is 5.39. The molecule has 90 valence electrons. The van der Waals surface area contributed by atoms with Crippen molar-refractivity contribution in [3.63, 3.8) is 0 Å². The smallest absolute Gasteiger partial charge is 0.0484 e. The molecule has 0 nitrogen and oxygen atoms in total. The van der Waals surface area contributed by atoms with Crippen LogP contribution in [0.2, 0.25) is 5.02 Å². The number of rotatable bonds is 0. The normalized spacial score (nSPS) is 7.35. The van der Waals surface area contributed by atoms with Crippen LogP contribution in [0, 0.1) is 0 Å². The Balaban J connectivity index is 0. The molecular weight excluding hydrogens is 228 g/mol. The van der Waals surface area contributed by atoms with E-state index in [1.54, 1.807) is 0 Å². The van der Waals surface area contributed by atoms with Crippen LogP contribution in [0.4, 0.5) is 0 Å². The lowest BCUT2D eigenvalue weighted by atomic mass is 10.1. The fourth-order valence-electron chi connectivity index (χ4n) is 1.19. The van der Waals surface area contributed by atoms with E-state index in [4.69, 9.17) is 11.6 Å². The van der Waals surface area contributed by atoms with E-state index in [2.05, 4.69) is 51.6 Å². The lowest BCUT2D eigenvalue weighted by Crippen LogP contribution is -1.70. The average Bonchev–Trinajstić information content (AvgIpc) is 2.46. The van der Waals surface area contributed by atoms with Crippen molar-refractivity contribution < 1.29 is 0 Å². The van der Waals surface area contributed by atoms with Crippen molar-refractivity contribution in [2.24, 2.45) is 0 Å². The van der Waals surface area contributed by atoms with E-state index < -0.39 is 0 Å². The van der Waals surface area contributed by atoms with E-state index in [1.807, 2.05) is 30.3 Å². The Morgan fingerprint density at radius 1 is 0.647 bits per heavy atom. The molecule has 0 bridgehead atoms. The molecular formula is C16H19Cl. The second-order valence-electron chi connectivity index (χ2n) is 2.46. The predicted molar refractivity (Wildman–Crippen MR) is 82.7 cm³/mol. The summed E-state index contributed by atoms with van der Waals surface area (Å²) >= 11 is 5.96. The van der Waals surface area contributed by atoms with Gasteiger partial charge in [0.15, 0.2) is 0 Å². The molecule has 0 radical (unpaired) electrons. The molecule has 0 aliphatic rings. The molecule has 0 aliphatic carbocycles. The topological polar surface area (TPSA) is 0 Å². The first-order valence-electron chi connectivity index (χ1n) is 5.01. The van der Waals surface area contributed by atoms with Crippen molar-refractivity contribution in [3.8, 4) is 0 Å². The molecule has 2 rings (SSSR count). The van der Waals surface area contributed by atoms with Crippen molar-refractivity contribution in [2.75, 3.05) is 0 Å². The van der Waals surface area contributed by atoms with Gasteiger partial charge in [-0.05, 0) is 11.5 Å². The third-order valence-corrected chi connectivity index (χ3v) is 2.07. The number of hydrogen-bond acceptors (Lipinski definition) is 0. The molecule has 0 amide bonds. The van der Waals surface area contributed by atoms with E-state index in [1.165, 1.54) is 5.39 Å². The van der Waals surface area contributed by atoms with Gasteiger partial charge in [0.1, 0.15) is 0 Å². The molecule has 17 heavy (non-hydrogen) atoms. The quantitative estimate of drug-likeness (QED) is 0.508. The van der Waals surface area contributed by atoms with Gasteiger partial charge in [0.2, 0.25) is 0 Å². The van der Waals surface area contributed by atoms with Gasteiger partial charge in [-0.15, -0.1) is 39.5 Å². The lowest BCUT2D eigenvalue weighted by Gasteiger charge is -1.97. The van der Waals surface area contributed by atoms with E-state index >= 15 is 0 Å². The maximum atomic E-state index is 5.96. The van der Waals surface area contributed by atoms with E-state index in [-0.39, 0.29) is 0 Å². The molecule has 0 saturated heterocycles. The Morgan fingerprint density at radius 2 is 1.12 bits per heavy atom. The van der Waals surface area contributed by atoms with Gasteiger partial charge in [0.25, 0.3) is 0 Å². The molecule has 0 N–H and O–H groups in total. The molecule has 0 fully saturated rings. The minimum Gasteiger partial charge on any atom is -0.106 e. The standard InChI is InChI=1S/C10H7Cl.3C2H4/c11-10-7-3-5-8-4-1-2-6-9(8)10;3*1-2/h1-7H;3*1-2H2. The monoisotopic (exact) mass is 246 g/mol. The highest BCUT2D eigenvalue weighted by atomic mass is 35.5. The van der Waals surface area contributed by atoms with Gasteiger partial charge in [-0.2, -0.15) is 0 Å². The average molecular weight is 247 g/mol. The van der Waals surface area contributed by atoms with Crippen LogP contribution in [0.1, 0.15) is 0 Å². The summed E-state index contributed by atoms with van der Waals surface area (Å²) in [5, 5.41) is 3.14. The van der Waals surface area contributed by atoms with Crippen LogP contribution < -0.4 is 0 Å². The van der Waals surface area contributed by atoms with E-state index in [0.717, 1.165) is 10.4 Å². The SMILES string of the molecule is C=C.C=C.C=C.Clc1cccc2ccccc12. The van der Waals surface area contributed by atoms with Gasteiger partial charge in [0.05, 0.1) is 0 Å². The second-order valence-corrected chi connectivity index (χ2v) is 2.87. The van der Waals surface area contributed by atoms with E-state index in [0.29, 0.717) is 0 Å². The maximum Gasteiger partial charge on any atom is 0.0484 e. The zero-order valence-corrected chi connectivity index (χ0v) is 10.9. The van der Waals surface area contributed by atoms with Crippen LogP contribution in [0.3, 0.4) is 0 Å². The summed E-state index contributed by atoms with van der Waals surface area (Å²) in [4.78, 5) is 0. The summed E-state index contributed by atoms with van der Waals surface area (Å²) in [7, 11) is 0. The van der Waals surface area contributed by atoms with Crippen LogP contribution in [-0.4, -0.2) is 0 Å². The van der Waals surface area contributed by atoms with Gasteiger partial charge < -0.3 is 0 Å². The Hall–Kier alpha value is -1.79. The lowest BCUT2D eigenvalue weighted by molar-refractivity contribution is 1.75. The summed E-state index contributed by atoms with van der Waals surface area (Å²) in [6.07, 6.45) is 0. The minimum absolute atomic E-state index is 0.822. The number of hydrogen-bond donors (Lipinski definition) is 0. The fraction of sp³-hybridized carbons (Fsp3) is 0. The zero-order chi connectivity index (χ0) is 13.7. The molecule has 0 aromatic heterocycles. The van der Waals surface area contributed by atoms with Crippen molar-refractivity contribution in [2.45, 2.75) is 0 Å². The predicted octanol–water partition coefficient (Wildman–Crippen LogP) is 5.90. The van der Waals surface area contributed by atoms with Crippen LogP contribution in [0.25, 0.3) is 10.8 Å². The highest BCUT2D eigenvalue weighted by Crippen LogP contribution is 2.21. The first kappa shape index (κ1) is 17.6. The van der Waals surface area contributed by atoms with Crippen molar-refractivity contribution in [1.29, 1.82) is 0 Å². The summed E-state index contributed by atoms with van der Waals surface area (Å²) in [5.41, 5.74) is 0. The summed E-state index contributed by atoms with van der Waals surface area (Å²) in [5.74, 6) is 0. The highest BCUT2D eigenvalue weighted by molar-refractivity contribution is 6.35. The third kappa shape index (κ3) is 5.74. The third-order valence-electron chi connectivity index (χ3n) is 1.74.